The third-order valence-electron chi connectivity index (χ3n) is 5.78. The minimum absolute atomic E-state index is 0.00553. The maximum absolute atomic E-state index is 12.9. The maximum atomic E-state index is 12.9. The van der Waals surface area contributed by atoms with Crippen molar-refractivity contribution in [3.8, 4) is 11.5 Å². The van der Waals surface area contributed by atoms with Crippen LogP contribution >= 0.6 is 0 Å². The molecule has 1 saturated heterocycles. The van der Waals surface area contributed by atoms with E-state index in [2.05, 4.69) is 5.32 Å². The Morgan fingerprint density at radius 1 is 1.03 bits per heavy atom. The molecule has 4 atom stereocenters. The van der Waals surface area contributed by atoms with Gasteiger partial charge in [-0.2, -0.15) is 0 Å². The maximum Gasteiger partial charge on any atom is 0.231 e. The number of hydrogen-bond donors (Lipinski definition) is 3. The summed E-state index contributed by atoms with van der Waals surface area (Å²) >= 11 is 0. The van der Waals surface area contributed by atoms with Crippen LogP contribution in [0.2, 0.25) is 0 Å². The van der Waals surface area contributed by atoms with Gasteiger partial charge in [0.1, 0.15) is 19.4 Å². The quantitative estimate of drug-likeness (QED) is 0.374. The highest BCUT2D eigenvalue weighted by Gasteiger charge is 2.33. The highest BCUT2D eigenvalue weighted by Crippen LogP contribution is 2.35. The smallest absolute Gasteiger partial charge is 0.231 e. The molecule has 3 N–H and O–H groups in total. The zero-order chi connectivity index (χ0) is 23.2. The van der Waals surface area contributed by atoms with Crippen molar-refractivity contribution in [2.75, 3.05) is 27.0 Å². The summed E-state index contributed by atoms with van der Waals surface area (Å²) in [6, 6.07) is 3.58. The number of aliphatic hydroxyl groups is 2. The number of aliphatic hydroxyl groups excluding tert-OH is 2. The van der Waals surface area contributed by atoms with Gasteiger partial charge in [0.2, 0.25) is 12.7 Å². The van der Waals surface area contributed by atoms with Crippen molar-refractivity contribution < 1.29 is 48.2 Å². The lowest BCUT2D eigenvalue weighted by atomic mass is 9.96. The Kier molecular flexibility index (Phi) is 8.12. The zero-order valence-electron chi connectivity index (χ0n) is 18.2. The summed E-state index contributed by atoms with van der Waals surface area (Å²) in [5, 5.41) is 21.2. The molecule has 3 aliphatic rings. The van der Waals surface area contributed by atoms with Crippen molar-refractivity contribution in [2.45, 2.75) is 63.3 Å². The SMILES string of the molecule is O=C1Cc2cc3c(cc2CNC(=O)C[C@H](O[C@H]2CC(OCOCO)C[C@@H](CO)O2)C1)OCO3. The second-order valence-electron chi connectivity index (χ2n) is 8.21. The lowest BCUT2D eigenvalue weighted by molar-refractivity contribution is -0.254. The molecule has 3 heterocycles. The van der Waals surface area contributed by atoms with Crippen molar-refractivity contribution in [3.05, 3.63) is 23.3 Å². The fraction of sp³-hybridized carbons (Fsp3) is 0.636. The molecule has 0 aromatic heterocycles. The minimum Gasteiger partial charge on any atom is -0.454 e. The van der Waals surface area contributed by atoms with Gasteiger partial charge >= 0.3 is 0 Å². The summed E-state index contributed by atoms with van der Waals surface area (Å²) in [7, 11) is 0. The molecule has 11 heteroatoms. The van der Waals surface area contributed by atoms with Gasteiger partial charge in [-0.3, -0.25) is 9.59 Å². The third kappa shape index (κ3) is 6.40. The number of nitrogens with one attached hydrogen (secondary N) is 1. The first-order valence-corrected chi connectivity index (χ1v) is 11.0. The Balaban J connectivity index is 1.42. The molecule has 0 aliphatic carbocycles. The van der Waals surface area contributed by atoms with Crippen molar-refractivity contribution in [1.29, 1.82) is 0 Å². The van der Waals surface area contributed by atoms with E-state index < -0.39 is 25.3 Å². The molecule has 1 amide bonds. The normalized spacial score (nSPS) is 27.7. The van der Waals surface area contributed by atoms with Gasteiger partial charge in [-0.05, 0) is 23.3 Å². The van der Waals surface area contributed by atoms with E-state index in [-0.39, 0.29) is 63.8 Å². The molecule has 1 unspecified atom stereocenters. The van der Waals surface area contributed by atoms with Crippen molar-refractivity contribution in [1.82, 2.24) is 5.32 Å². The second-order valence-corrected chi connectivity index (χ2v) is 8.21. The topological polar surface area (TPSA) is 142 Å². The molecule has 0 radical (unpaired) electrons. The predicted octanol–water partition coefficient (Wildman–Crippen LogP) is 0.129. The van der Waals surface area contributed by atoms with Crippen molar-refractivity contribution in [3.63, 3.8) is 0 Å². The first kappa shape index (κ1) is 23.9. The van der Waals surface area contributed by atoms with Gasteiger partial charge < -0.3 is 44.0 Å². The molecule has 1 fully saturated rings. The number of benzene rings is 1. The molecular formula is C22H29NO10. The molecule has 4 rings (SSSR count). The molecular weight excluding hydrogens is 438 g/mol. The molecule has 182 valence electrons. The summed E-state index contributed by atoms with van der Waals surface area (Å²) < 4.78 is 33.0. The number of Topliss-reactive ketones (excluding diaryl/α,β-unsaturated/α-hetero) is 1. The Hall–Kier alpha value is -2.28. The number of hydrogen-bond acceptors (Lipinski definition) is 10. The Labute approximate surface area is 190 Å². The summed E-state index contributed by atoms with van der Waals surface area (Å²) in [5.74, 6) is 0.854. The lowest BCUT2D eigenvalue weighted by Gasteiger charge is -2.36. The molecule has 3 aliphatic heterocycles. The first-order valence-electron chi connectivity index (χ1n) is 11.0. The third-order valence-corrected chi connectivity index (χ3v) is 5.78. The summed E-state index contributed by atoms with van der Waals surface area (Å²) in [6.07, 6.45) is -1.31. The first-order chi connectivity index (χ1) is 16.0. The lowest BCUT2D eigenvalue weighted by Crippen LogP contribution is -2.43. The molecule has 0 saturated carbocycles. The van der Waals surface area contributed by atoms with Gasteiger partial charge in [0.15, 0.2) is 17.8 Å². The van der Waals surface area contributed by atoms with Crippen LogP contribution in [0, 0.1) is 0 Å². The summed E-state index contributed by atoms with van der Waals surface area (Å²) in [4.78, 5) is 25.4. The van der Waals surface area contributed by atoms with E-state index in [4.69, 9.17) is 33.5 Å². The summed E-state index contributed by atoms with van der Waals surface area (Å²) in [5.41, 5.74) is 1.59. The van der Waals surface area contributed by atoms with E-state index in [0.29, 0.717) is 24.3 Å². The number of ketones is 1. The van der Waals surface area contributed by atoms with E-state index in [1.54, 1.807) is 12.1 Å². The van der Waals surface area contributed by atoms with Crippen LogP contribution in [0.4, 0.5) is 0 Å². The fourth-order valence-corrected chi connectivity index (χ4v) is 4.20. The highest BCUT2D eigenvalue weighted by atomic mass is 16.7. The van der Waals surface area contributed by atoms with E-state index in [9.17, 15) is 14.7 Å². The van der Waals surface area contributed by atoms with Crippen LogP contribution in [-0.4, -0.2) is 73.5 Å². The molecule has 0 bridgehead atoms. The van der Waals surface area contributed by atoms with Crippen molar-refractivity contribution in [2.24, 2.45) is 0 Å². The van der Waals surface area contributed by atoms with Gasteiger partial charge in [0.05, 0.1) is 31.3 Å². The molecule has 33 heavy (non-hydrogen) atoms. The van der Waals surface area contributed by atoms with Crippen molar-refractivity contribution >= 4 is 11.7 Å². The van der Waals surface area contributed by atoms with E-state index in [0.717, 1.165) is 11.1 Å². The number of carbonyl (C=O) groups is 2. The average molecular weight is 467 g/mol. The van der Waals surface area contributed by atoms with Crippen LogP contribution < -0.4 is 14.8 Å². The van der Waals surface area contributed by atoms with Crippen LogP contribution in [0.15, 0.2) is 12.1 Å². The Morgan fingerprint density at radius 2 is 1.82 bits per heavy atom. The second kappa shape index (κ2) is 11.2. The Bertz CT molecular complexity index is 847. The van der Waals surface area contributed by atoms with Crippen LogP contribution in [0.5, 0.6) is 11.5 Å². The molecule has 11 nitrogen and oxygen atoms in total. The highest BCUT2D eigenvalue weighted by molar-refractivity contribution is 5.84. The van der Waals surface area contributed by atoms with Gasteiger partial charge in [0.25, 0.3) is 0 Å². The number of rotatable bonds is 7. The monoisotopic (exact) mass is 467 g/mol. The number of fused-ring (bicyclic) bond motifs is 2. The van der Waals surface area contributed by atoms with Crippen LogP contribution in [0.25, 0.3) is 0 Å². The molecule has 1 aromatic carbocycles. The largest absolute Gasteiger partial charge is 0.454 e. The molecule has 1 aromatic rings. The van der Waals surface area contributed by atoms with E-state index in [1.165, 1.54) is 0 Å². The predicted molar refractivity (Wildman–Crippen MR) is 110 cm³/mol. The fourth-order valence-electron chi connectivity index (χ4n) is 4.20. The van der Waals surface area contributed by atoms with Crippen LogP contribution in [-0.2, 0) is 41.5 Å². The molecule has 0 spiro atoms. The number of ether oxygens (including phenoxy) is 6. The van der Waals surface area contributed by atoms with Gasteiger partial charge in [0, 0.05) is 32.2 Å². The standard InChI is InChI=1S/C22H29NO10/c24-9-18-5-16(29-11-28-10-25)7-22(33-18)32-17-4-15(26)1-13-2-19-20(31-12-30-19)3-14(13)8-23-21(27)6-17/h2-3,16-18,22,24-25H,1,4-12H2,(H,23,27)/t16?,17-,18+,22-/m1/s1. The number of amides is 1. The van der Waals surface area contributed by atoms with Crippen LogP contribution in [0.3, 0.4) is 0 Å². The summed E-state index contributed by atoms with van der Waals surface area (Å²) in [6.45, 7) is -0.400. The van der Waals surface area contributed by atoms with E-state index >= 15 is 0 Å². The van der Waals surface area contributed by atoms with Gasteiger partial charge in [-0.15, -0.1) is 0 Å². The van der Waals surface area contributed by atoms with Gasteiger partial charge in [-0.25, -0.2) is 0 Å². The van der Waals surface area contributed by atoms with Gasteiger partial charge in [-0.1, -0.05) is 0 Å². The average Bonchev–Trinajstić information content (AvgIpc) is 3.24. The van der Waals surface area contributed by atoms with Crippen LogP contribution in [0.1, 0.15) is 36.8 Å². The zero-order valence-corrected chi connectivity index (χ0v) is 18.2. The Morgan fingerprint density at radius 3 is 2.58 bits per heavy atom. The number of carbonyl (C=O) groups excluding carboxylic acids is 2. The van der Waals surface area contributed by atoms with E-state index in [1.807, 2.05) is 0 Å². The minimum atomic E-state index is -0.760.